The number of nitrogens with zero attached hydrogens (tertiary/aromatic N) is 1. The molecule has 0 aliphatic carbocycles. The van der Waals surface area contributed by atoms with Gasteiger partial charge in [0.25, 0.3) is 5.69 Å². The van der Waals surface area contributed by atoms with E-state index in [4.69, 9.17) is 11.6 Å². The fourth-order valence-electron chi connectivity index (χ4n) is 2.02. The van der Waals surface area contributed by atoms with Crippen molar-refractivity contribution in [3.8, 4) is 0 Å². The first-order chi connectivity index (χ1) is 11.4. The molecule has 1 amide bonds. The van der Waals surface area contributed by atoms with Crippen LogP contribution in [0.15, 0.2) is 42.5 Å². The van der Waals surface area contributed by atoms with Gasteiger partial charge in [-0.2, -0.15) is 0 Å². The number of halogens is 1. The predicted molar refractivity (Wildman–Crippen MR) is 98.7 cm³/mol. The van der Waals surface area contributed by atoms with Gasteiger partial charge in [0.05, 0.1) is 20.9 Å². The van der Waals surface area contributed by atoms with Gasteiger partial charge in [-0.15, -0.1) is 11.8 Å². The molecule has 24 heavy (non-hydrogen) atoms. The molecule has 2 rings (SSSR count). The van der Waals surface area contributed by atoms with Gasteiger partial charge in [0.1, 0.15) is 0 Å². The Hall–Kier alpha value is -2.05. The number of hydrogen-bond donors (Lipinski definition) is 1. The molecule has 0 aliphatic heterocycles. The second kappa shape index (κ2) is 8.17. The fourth-order valence-corrected chi connectivity index (χ4v) is 3.15. The number of non-ortho nitro benzene ring substituents is 1. The van der Waals surface area contributed by atoms with E-state index in [0.717, 1.165) is 0 Å². The average Bonchev–Trinajstić information content (AvgIpc) is 2.55. The number of hydrogen-bond acceptors (Lipinski definition) is 4. The molecule has 0 aliphatic rings. The molecule has 0 aromatic heterocycles. The lowest BCUT2D eigenvalue weighted by Crippen LogP contribution is -2.22. The number of nitro benzene ring substituents is 1. The van der Waals surface area contributed by atoms with Crippen molar-refractivity contribution in [2.45, 2.75) is 24.9 Å². The van der Waals surface area contributed by atoms with Crippen LogP contribution in [-0.4, -0.2) is 16.1 Å². The van der Waals surface area contributed by atoms with E-state index in [1.807, 2.05) is 31.2 Å². The molecule has 0 saturated carbocycles. The number of anilines is 1. The number of rotatable bonds is 6. The molecule has 0 bridgehead atoms. The van der Waals surface area contributed by atoms with Gasteiger partial charge in [0, 0.05) is 17.9 Å². The Morgan fingerprint density at radius 1 is 1.33 bits per heavy atom. The summed E-state index contributed by atoms with van der Waals surface area (Å²) in [5.74, 6) is 0.472. The molecule has 0 saturated heterocycles. The summed E-state index contributed by atoms with van der Waals surface area (Å²) < 4.78 is 0. The van der Waals surface area contributed by atoms with E-state index in [-0.39, 0.29) is 27.6 Å². The summed E-state index contributed by atoms with van der Waals surface area (Å²) in [6.07, 6.45) is 0. The average molecular weight is 365 g/mol. The van der Waals surface area contributed by atoms with Gasteiger partial charge < -0.3 is 5.32 Å². The zero-order valence-electron chi connectivity index (χ0n) is 13.3. The van der Waals surface area contributed by atoms with Crippen LogP contribution in [0.5, 0.6) is 0 Å². The molecule has 0 radical (unpaired) electrons. The number of amides is 1. The van der Waals surface area contributed by atoms with Gasteiger partial charge in [0.15, 0.2) is 0 Å². The van der Waals surface area contributed by atoms with Crippen LogP contribution >= 0.6 is 23.4 Å². The smallest absolute Gasteiger partial charge is 0.271 e. The second-order valence-corrected chi connectivity index (χ2v) is 7.03. The quantitative estimate of drug-likeness (QED) is 0.589. The molecule has 1 unspecified atom stereocenters. The number of aryl methyl sites for hydroxylation is 1. The molecule has 0 spiro atoms. The van der Waals surface area contributed by atoms with Gasteiger partial charge in [-0.05, 0) is 31.0 Å². The van der Waals surface area contributed by atoms with E-state index in [1.165, 1.54) is 41.1 Å². The summed E-state index contributed by atoms with van der Waals surface area (Å²) in [7, 11) is 0. The maximum Gasteiger partial charge on any atom is 0.271 e. The lowest BCUT2D eigenvalue weighted by atomic mass is 10.1. The van der Waals surface area contributed by atoms with E-state index >= 15 is 0 Å². The van der Waals surface area contributed by atoms with Gasteiger partial charge in [-0.3, -0.25) is 14.9 Å². The van der Waals surface area contributed by atoms with Crippen LogP contribution in [-0.2, 0) is 10.5 Å². The first-order valence-corrected chi connectivity index (χ1v) is 8.72. The molecule has 2 aromatic rings. The van der Waals surface area contributed by atoms with Gasteiger partial charge in [-0.25, -0.2) is 0 Å². The van der Waals surface area contributed by atoms with E-state index in [1.54, 1.807) is 6.92 Å². The van der Waals surface area contributed by atoms with E-state index < -0.39 is 4.92 Å². The van der Waals surface area contributed by atoms with Gasteiger partial charge in [0.2, 0.25) is 5.91 Å². The van der Waals surface area contributed by atoms with Crippen LogP contribution in [0.3, 0.4) is 0 Å². The lowest BCUT2D eigenvalue weighted by Gasteiger charge is -2.13. The van der Waals surface area contributed by atoms with Crippen molar-refractivity contribution >= 4 is 40.6 Å². The largest absolute Gasteiger partial charge is 0.324 e. The van der Waals surface area contributed by atoms with Crippen molar-refractivity contribution in [2.24, 2.45) is 0 Å². The highest BCUT2D eigenvalue weighted by Crippen LogP contribution is 2.28. The minimum absolute atomic E-state index is 0.116. The lowest BCUT2D eigenvalue weighted by molar-refractivity contribution is -0.384. The van der Waals surface area contributed by atoms with Crippen LogP contribution < -0.4 is 5.32 Å². The van der Waals surface area contributed by atoms with E-state index in [2.05, 4.69) is 5.32 Å². The molecule has 126 valence electrons. The Balaban J connectivity index is 2.00. The highest BCUT2D eigenvalue weighted by molar-refractivity contribution is 7.99. The molecule has 0 heterocycles. The highest BCUT2D eigenvalue weighted by atomic mass is 35.5. The highest BCUT2D eigenvalue weighted by Gasteiger charge is 2.17. The predicted octanol–water partition coefficient (Wildman–Crippen LogP) is 4.82. The molecular weight excluding hydrogens is 348 g/mol. The van der Waals surface area contributed by atoms with Crippen LogP contribution in [0.1, 0.15) is 18.1 Å². The molecule has 7 heteroatoms. The van der Waals surface area contributed by atoms with Crippen LogP contribution in [0, 0.1) is 17.0 Å². The number of thioether (sulfide) groups is 1. The van der Waals surface area contributed by atoms with Gasteiger partial charge in [-0.1, -0.05) is 35.9 Å². The van der Waals surface area contributed by atoms with Crippen molar-refractivity contribution in [3.05, 3.63) is 68.7 Å². The zero-order valence-corrected chi connectivity index (χ0v) is 14.9. The Labute approximate surface area is 149 Å². The topological polar surface area (TPSA) is 72.2 Å². The summed E-state index contributed by atoms with van der Waals surface area (Å²) in [6, 6.07) is 12.0. The third kappa shape index (κ3) is 4.72. The number of carbonyl (C=O) groups excluding carboxylic acids is 1. The normalized spacial score (nSPS) is 11.8. The van der Waals surface area contributed by atoms with Crippen molar-refractivity contribution in [3.63, 3.8) is 0 Å². The van der Waals surface area contributed by atoms with E-state index in [9.17, 15) is 14.9 Å². The molecule has 0 fully saturated rings. The standard InChI is InChI=1S/C17H17ClN2O3S/c1-11-5-3-4-6-13(11)10-24-12(2)17(21)19-16-9-14(20(22)23)7-8-15(16)18/h3-9,12H,10H2,1-2H3,(H,19,21). The van der Waals surface area contributed by atoms with Crippen molar-refractivity contribution < 1.29 is 9.72 Å². The van der Waals surface area contributed by atoms with E-state index in [0.29, 0.717) is 5.75 Å². The first-order valence-electron chi connectivity index (χ1n) is 7.29. The SMILES string of the molecule is Cc1ccccc1CSC(C)C(=O)Nc1cc([N+](=O)[O-])ccc1Cl. The number of nitrogens with one attached hydrogen (secondary N) is 1. The summed E-state index contributed by atoms with van der Waals surface area (Å²) in [5, 5.41) is 13.4. The Kier molecular flexibility index (Phi) is 6.23. The third-order valence-corrected chi connectivity index (χ3v) is 5.06. The maximum absolute atomic E-state index is 12.3. The Morgan fingerprint density at radius 2 is 2.04 bits per heavy atom. The number of carbonyl (C=O) groups is 1. The minimum Gasteiger partial charge on any atom is -0.324 e. The second-order valence-electron chi connectivity index (χ2n) is 5.29. The van der Waals surface area contributed by atoms with Crippen molar-refractivity contribution in [2.75, 3.05) is 5.32 Å². The molecule has 1 atom stereocenters. The first kappa shape index (κ1) is 18.3. The van der Waals surface area contributed by atoms with Crippen molar-refractivity contribution in [1.82, 2.24) is 0 Å². The maximum atomic E-state index is 12.3. The summed E-state index contributed by atoms with van der Waals surface area (Å²) in [6.45, 7) is 3.83. The summed E-state index contributed by atoms with van der Waals surface area (Å²) in [4.78, 5) is 22.6. The number of benzene rings is 2. The molecular formula is C17H17ClN2O3S. The summed E-state index contributed by atoms with van der Waals surface area (Å²) in [5.41, 5.74) is 2.49. The minimum atomic E-state index is -0.525. The molecule has 2 aromatic carbocycles. The van der Waals surface area contributed by atoms with Crippen LogP contribution in [0.25, 0.3) is 0 Å². The monoisotopic (exact) mass is 364 g/mol. The van der Waals surface area contributed by atoms with Crippen molar-refractivity contribution in [1.29, 1.82) is 0 Å². The fraction of sp³-hybridized carbons (Fsp3) is 0.235. The van der Waals surface area contributed by atoms with Gasteiger partial charge >= 0.3 is 0 Å². The number of nitro groups is 1. The molecule has 1 N–H and O–H groups in total. The van der Waals surface area contributed by atoms with Crippen LogP contribution in [0.2, 0.25) is 5.02 Å². The summed E-state index contributed by atoms with van der Waals surface area (Å²) >= 11 is 7.50. The Morgan fingerprint density at radius 3 is 2.71 bits per heavy atom. The third-order valence-electron chi connectivity index (χ3n) is 3.54. The molecule has 5 nitrogen and oxygen atoms in total. The Bertz CT molecular complexity index is 767. The van der Waals surface area contributed by atoms with Crippen LogP contribution in [0.4, 0.5) is 11.4 Å². The zero-order chi connectivity index (χ0) is 17.7.